The van der Waals surface area contributed by atoms with Gasteiger partial charge in [-0.3, -0.25) is 0 Å². The van der Waals surface area contributed by atoms with Crippen LogP contribution in [0.25, 0.3) is 0 Å². The van der Waals surface area contributed by atoms with Gasteiger partial charge in [-0.05, 0) is 54.8 Å². The molecule has 0 atom stereocenters. The summed E-state index contributed by atoms with van der Waals surface area (Å²) in [6, 6.07) is 22.0. The van der Waals surface area contributed by atoms with Gasteiger partial charge in [0.15, 0.2) is 0 Å². The molecular formula is C23H22FNO2. The van der Waals surface area contributed by atoms with E-state index < -0.39 is 0 Å². The highest BCUT2D eigenvalue weighted by Gasteiger charge is 2.10. The lowest BCUT2D eigenvalue weighted by Crippen LogP contribution is -2.15. The van der Waals surface area contributed by atoms with E-state index in [-0.39, 0.29) is 12.4 Å². The molecule has 0 spiro atoms. The minimum absolute atomic E-state index is 0.228. The van der Waals surface area contributed by atoms with Crippen molar-refractivity contribution in [3.8, 4) is 5.75 Å². The molecular weight excluding hydrogens is 341 g/mol. The lowest BCUT2D eigenvalue weighted by atomic mass is 10.1. The zero-order valence-corrected chi connectivity index (χ0v) is 15.5. The highest BCUT2D eigenvalue weighted by atomic mass is 19.1. The van der Waals surface area contributed by atoms with Gasteiger partial charge in [0, 0.05) is 5.56 Å². The Balaban J connectivity index is 1.77. The van der Waals surface area contributed by atoms with Crippen LogP contribution in [0, 0.1) is 19.7 Å². The molecule has 3 aromatic rings. The van der Waals surface area contributed by atoms with Crippen LogP contribution in [-0.4, -0.2) is 12.3 Å². The largest absolute Gasteiger partial charge is 0.487 e. The fourth-order valence-electron chi connectivity index (χ4n) is 2.73. The molecule has 138 valence electrons. The van der Waals surface area contributed by atoms with Gasteiger partial charge >= 0.3 is 0 Å². The molecule has 0 amide bonds. The molecule has 0 heterocycles. The summed E-state index contributed by atoms with van der Waals surface area (Å²) in [4.78, 5) is 5.53. The summed E-state index contributed by atoms with van der Waals surface area (Å²) in [6.45, 7) is 4.59. The van der Waals surface area contributed by atoms with Gasteiger partial charge in [-0.1, -0.05) is 53.7 Å². The van der Waals surface area contributed by atoms with Crippen LogP contribution in [0.1, 0.15) is 22.3 Å². The molecule has 27 heavy (non-hydrogen) atoms. The summed E-state index contributed by atoms with van der Waals surface area (Å²) < 4.78 is 19.3. The summed E-state index contributed by atoms with van der Waals surface area (Å²) >= 11 is 0. The van der Waals surface area contributed by atoms with Crippen LogP contribution < -0.4 is 4.74 Å². The van der Waals surface area contributed by atoms with Crippen LogP contribution in [0.15, 0.2) is 78.0 Å². The van der Waals surface area contributed by atoms with E-state index in [1.54, 1.807) is 12.1 Å². The van der Waals surface area contributed by atoms with Crippen LogP contribution in [0.4, 0.5) is 4.39 Å². The molecule has 0 bridgehead atoms. The number of para-hydroxylation sites is 1. The van der Waals surface area contributed by atoms with Gasteiger partial charge in [0.25, 0.3) is 0 Å². The van der Waals surface area contributed by atoms with Gasteiger partial charge in [0.05, 0.1) is 0 Å². The highest BCUT2D eigenvalue weighted by molar-refractivity contribution is 6.01. The van der Waals surface area contributed by atoms with E-state index in [1.165, 1.54) is 12.1 Å². The average molecular weight is 363 g/mol. The van der Waals surface area contributed by atoms with Crippen LogP contribution in [0.3, 0.4) is 0 Å². The molecule has 0 radical (unpaired) electrons. The molecule has 0 aliphatic carbocycles. The number of nitrogens with zero attached hydrogens (tertiary/aromatic N) is 1. The molecule has 0 N–H and O–H groups in total. The molecule has 0 unspecified atom stereocenters. The number of hydrogen-bond donors (Lipinski definition) is 0. The third-order valence-corrected chi connectivity index (χ3v) is 4.19. The molecule has 3 nitrogen and oxygen atoms in total. The lowest BCUT2D eigenvalue weighted by Gasteiger charge is -2.13. The first-order valence-corrected chi connectivity index (χ1v) is 8.81. The van der Waals surface area contributed by atoms with Crippen molar-refractivity contribution in [2.75, 3.05) is 6.61 Å². The van der Waals surface area contributed by atoms with Gasteiger partial charge in [-0.25, -0.2) is 4.39 Å². The summed E-state index contributed by atoms with van der Waals surface area (Å²) in [5, 5.41) is 4.26. The molecule has 0 saturated carbocycles. The number of rotatable bonds is 7. The van der Waals surface area contributed by atoms with E-state index in [4.69, 9.17) is 9.57 Å². The maximum absolute atomic E-state index is 13.3. The van der Waals surface area contributed by atoms with Crippen molar-refractivity contribution < 1.29 is 14.0 Å². The zero-order chi connectivity index (χ0) is 19.1. The molecule has 3 rings (SSSR count). The predicted octanol–water partition coefficient (Wildman–Crippen LogP) is 5.44. The van der Waals surface area contributed by atoms with Gasteiger partial charge in [-0.2, -0.15) is 0 Å². The van der Waals surface area contributed by atoms with E-state index in [0.717, 1.165) is 28.0 Å². The quantitative estimate of drug-likeness (QED) is 0.413. The number of ether oxygens (including phenoxy) is 1. The van der Waals surface area contributed by atoms with Crippen LogP contribution in [0.5, 0.6) is 5.75 Å². The minimum atomic E-state index is -0.293. The Morgan fingerprint density at radius 3 is 2.19 bits per heavy atom. The Morgan fingerprint density at radius 1 is 0.852 bits per heavy atom. The van der Waals surface area contributed by atoms with Crippen molar-refractivity contribution in [1.29, 1.82) is 0 Å². The van der Waals surface area contributed by atoms with Gasteiger partial charge in [0.2, 0.25) is 0 Å². The summed E-state index contributed by atoms with van der Waals surface area (Å²) in [5.74, 6) is 0.536. The molecule has 0 aliphatic rings. The van der Waals surface area contributed by atoms with Crippen molar-refractivity contribution in [1.82, 2.24) is 0 Å². The van der Waals surface area contributed by atoms with Gasteiger partial charge in [-0.15, -0.1) is 0 Å². The summed E-state index contributed by atoms with van der Waals surface area (Å²) in [7, 11) is 0. The minimum Gasteiger partial charge on any atom is -0.487 e. The smallest absolute Gasteiger partial charge is 0.142 e. The molecule has 0 aliphatic heterocycles. The Bertz CT molecular complexity index is 885. The maximum atomic E-state index is 13.3. The first-order chi connectivity index (χ1) is 13.1. The second-order valence-corrected chi connectivity index (χ2v) is 6.31. The second-order valence-electron chi connectivity index (χ2n) is 6.31. The molecule has 0 aromatic heterocycles. The van der Waals surface area contributed by atoms with Crippen LogP contribution in [0.2, 0.25) is 0 Å². The highest BCUT2D eigenvalue weighted by Crippen LogP contribution is 2.22. The molecule has 4 heteroatoms. The fraction of sp³-hybridized carbons (Fsp3) is 0.174. The normalized spacial score (nSPS) is 11.3. The fourth-order valence-corrected chi connectivity index (χ4v) is 2.73. The molecule has 3 aromatic carbocycles. The number of hydrogen-bond acceptors (Lipinski definition) is 3. The van der Waals surface area contributed by atoms with Crippen molar-refractivity contribution in [2.24, 2.45) is 5.16 Å². The third kappa shape index (κ3) is 5.17. The summed E-state index contributed by atoms with van der Waals surface area (Å²) in [5.41, 5.74) is 4.50. The Kier molecular flexibility index (Phi) is 6.21. The average Bonchev–Trinajstić information content (AvgIpc) is 2.68. The third-order valence-electron chi connectivity index (χ3n) is 4.19. The van der Waals surface area contributed by atoms with E-state index in [2.05, 4.69) is 5.16 Å². The van der Waals surface area contributed by atoms with E-state index >= 15 is 0 Å². The second kappa shape index (κ2) is 8.99. The number of oxime groups is 1. The molecule has 0 saturated heterocycles. The standard InChI is InChI=1S/C23H22FNO2/c1-17-7-6-8-18(2)23(17)26-16-22(20-11-13-21(24)14-12-20)25-27-15-19-9-4-3-5-10-19/h3-14H,15-16H2,1-2H3. The number of aryl methyl sites for hydroxylation is 2. The topological polar surface area (TPSA) is 30.8 Å². The van der Waals surface area contributed by atoms with Crippen molar-refractivity contribution in [3.63, 3.8) is 0 Å². The monoisotopic (exact) mass is 363 g/mol. The Morgan fingerprint density at radius 2 is 1.52 bits per heavy atom. The zero-order valence-electron chi connectivity index (χ0n) is 15.5. The Labute approximate surface area is 159 Å². The van der Waals surface area contributed by atoms with Gasteiger partial charge in [0.1, 0.15) is 30.5 Å². The summed E-state index contributed by atoms with van der Waals surface area (Å²) in [6.07, 6.45) is 0. The van der Waals surface area contributed by atoms with Gasteiger partial charge < -0.3 is 9.57 Å². The van der Waals surface area contributed by atoms with Crippen molar-refractivity contribution >= 4 is 5.71 Å². The number of benzene rings is 3. The first-order valence-electron chi connectivity index (χ1n) is 8.81. The lowest BCUT2D eigenvalue weighted by molar-refractivity contribution is 0.129. The van der Waals surface area contributed by atoms with E-state index in [1.807, 2.05) is 62.4 Å². The number of halogens is 1. The molecule has 0 fully saturated rings. The SMILES string of the molecule is Cc1cccc(C)c1OCC(=NOCc1ccccc1)c1ccc(F)cc1. The van der Waals surface area contributed by atoms with Crippen LogP contribution in [-0.2, 0) is 11.4 Å². The first kappa shape index (κ1) is 18.6. The van der Waals surface area contributed by atoms with E-state index in [0.29, 0.717) is 12.3 Å². The van der Waals surface area contributed by atoms with Crippen molar-refractivity contribution in [3.05, 3.63) is 101 Å². The van der Waals surface area contributed by atoms with Crippen LogP contribution >= 0.6 is 0 Å². The maximum Gasteiger partial charge on any atom is 0.142 e. The van der Waals surface area contributed by atoms with E-state index in [9.17, 15) is 4.39 Å². The Hall–Kier alpha value is -3.14. The predicted molar refractivity (Wildman–Crippen MR) is 106 cm³/mol. The van der Waals surface area contributed by atoms with Crippen molar-refractivity contribution in [2.45, 2.75) is 20.5 Å².